The predicted octanol–water partition coefficient (Wildman–Crippen LogP) is 2.94. The van der Waals surface area contributed by atoms with Crippen molar-refractivity contribution >= 4 is 17.2 Å². The van der Waals surface area contributed by atoms with Gasteiger partial charge in [0.2, 0.25) is 0 Å². The number of amides is 1. The van der Waals surface area contributed by atoms with E-state index in [1.807, 2.05) is 31.4 Å². The van der Waals surface area contributed by atoms with Gasteiger partial charge in [-0.1, -0.05) is 0 Å². The zero-order chi connectivity index (χ0) is 21.8. The van der Waals surface area contributed by atoms with E-state index in [2.05, 4.69) is 41.1 Å². The normalized spacial score (nSPS) is 16.7. The summed E-state index contributed by atoms with van der Waals surface area (Å²) in [6.45, 7) is 8.54. The first-order chi connectivity index (χ1) is 14.2. The number of carbonyl (C=O) groups is 1. The molecule has 0 aromatic carbocycles. The predicted molar refractivity (Wildman–Crippen MR) is 123 cm³/mol. The Morgan fingerprint density at radius 1 is 1.30 bits per heavy atom. The third-order valence-electron chi connectivity index (χ3n) is 6.18. The standard InChI is InChI=1S/C23H34N4O2S/c1-15-10-16(2)25-23(29)21(15)13-24-22(28)18-12-20(30-14-18)11-17(3)27-8-6-19(7-9-27)26(4)5/h10,12,14,17,19H,6-9,11,13H2,1-5H3,(H,24,28)(H,25,29). The number of hydrogen-bond acceptors (Lipinski definition) is 5. The molecule has 2 N–H and O–H groups in total. The lowest BCUT2D eigenvalue weighted by Crippen LogP contribution is -2.45. The van der Waals surface area contributed by atoms with Crippen LogP contribution in [0.4, 0.5) is 0 Å². The number of hydrogen-bond donors (Lipinski definition) is 2. The molecule has 1 fully saturated rings. The molecule has 0 aliphatic carbocycles. The maximum Gasteiger partial charge on any atom is 0.253 e. The van der Waals surface area contributed by atoms with Gasteiger partial charge in [-0.05, 0) is 84.9 Å². The molecule has 1 atom stereocenters. The van der Waals surface area contributed by atoms with Crippen LogP contribution in [0.25, 0.3) is 0 Å². The molecule has 1 unspecified atom stereocenters. The van der Waals surface area contributed by atoms with E-state index in [0.717, 1.165) is 30.8 Å². The number of aromatic nitrogens is 1. The molecule has 164 valence electrons. The van der Waals surface area contributed by atoms with Gasteiger partial charge in [-0.15, -0.1) is 11.3 Å². The number of pyridine rings is 1. The van der Waals surface area contributed by atoms with Crippen molar-refractivity contribution in [1.82, 2.24) is 20.1 Å². The number of carbonyl (C=O) groups excluding carboxylic acids is 1. The summed E-state index contributed by atoms with van der Waals surface area (Å²) >= 11 is 1.64. The van der Waals surface area contributed by atoms with Crippen LogP contribution in [0.3, 0.4) is 0 Å². The minimum absolute atomic E-state index is 0.128. The van der Waals surface area contributed by atoms with Gasteiger partial charge in [0.15, 0.2) is 0 Å². The molecule has 0 radical (unpaired) electrons. The van der Waals surface area contributed by atoms with Gasteiger partial charge < -0.3 is 20.1 Å². The van der Waals surface area contributed by atoms with Crippen molar-refractivity contribution < 1.29 is 4.79 Å². The highest BCUT2D eigenvalue weighted by atomic mass is 32.1. The molecular weight excluding hydrogens is 396 g/mol. The minimum atomic E-state index is -0.134. The fraction of sp³-hybridized carbons (Fsp3) is 0.565. The minimum Gasteiger partial charge on any atom is -0.348 e. The number of rotatable bonds is 7. The van der Waals surface area contributed by atoms with E-state index in [1.54, 1.807) is 11.3 Å². The van der Waals surface area contributed by atoms with Crippen molar-refractivity contribution in [3.63, 3.8) is 0 Å². The summed E-state index contributed by atoms with van der Waals surface area (Å²) in [5.74, 6) is -0.128. The third-order valence-corrected chi connectivity index (χ3v) is 7.14. The Labute approximate surface area is 183 Å². The Balaban J connectivity index is 1.53. The van der Waals surface area contributed by atoms with Crippen molar-refractivity contribution in [3.8, 4) is 0 Å². The van der Waals surface area contributed by atoms with Crippen molar-refractivity contribution in [2.45, 2.75) is 58.7 Å². The quantitative estimate of drug-likeness (QED) is 0.709. The Hall–Kier alpha value is -1.96. The SMILES string of the molecule is Cc1cc(C)c(CNC(=O)c2csc(CC(C)N3CCC(N(C)C)CC3)c2)c(=O)[nH]1. The van der Waals surface area contributed by atoms with E-state index in [9.17, 15) is 9.59 Å². The first-order valence-electron chi connectivity index (χ1n) is 10.7. The van der Waals surface area contributed by atoms with Crippen LogP contribution in [0, 0.1) is 13.8 Å². The molecule has 0 saturated carbocycles. The fourth-order valence-electron chi connectivity index (χ4n) is 4.24. The van der Waals surface area contributed by atoms with Crippen LogP contribution in [0.15, 0.2) is 22.3 Å². The van der Waals surface area contributed by atoms with E-state index >= 15 is 0 Å². The summed E-state index contributed by atoms with van der Waals surface area (Å²) in [5.41, 5.74) is 2.88. The average Bonchev–Trinajstić information content (AvgIpc) is 3.15. The Morgan fingerprint density at radius 3 is 2.63 bits per heavy atom. The van der Waals surface area contributed by atoms with E-state index in [-0.39, 0.29) is 18.0 Å². The summed E-state index contributed by atoms with van der Waals surface area (Å²) in [5, 5.41) is 4.81. The summed E-state index contributed by atoms with van der Waals surface area (Å²) in [6.07, 6.45) is 3.39. The average molecular weight is 431 g/mol. The topological polar surface area (TPSA) is 68.4 Å². The van der Waals surface area contributed by atoms with E-state index in [4.69, 9.17) is 0 Å². The Bertz CT molecular complexity index is 926. The van der Waals surface area contributed by atoms with Gasteiger partial charge in [0.05, 0.1) is 5.56 Å². The zero-order valence-electron chi connectivity index (χ0n) is 18.7. The van der Waals surface area contributed by atoms with Gasteiger partial charge in [-0.3, -0.25) is 9.59 Å². The number of piperidine rings is 1. The second kappa shape index (κ2) is 9.90. The number of H-pyrrole nitrogens is 1. The highest BCUT2D eigenvalue weighted by Crippen LogP contribution is 2.22. The third kappa shape index (κ3) is 5.59. The molecule has 0 spiro atoms. The number of nitrogens with one attached hydrogen (secondary N) is 2. The van der Waals surface area contributed by atoms with Crippen LogP contribution < -0.4 is 10.9 Å². The maximum absolute atomic E-state index is 12.6. The summed E-state index contributed by atoms with van der Waals surface area (Å²) in [4.78, 5) is 33.6. The number of likely N-dealkylation sites (tertiary alicyclic amines) is 1. The first-order valence-corrected chi connectivity index (χ1v) is 11.6. The smallest absolute Gasteiger partial charge is 0.253 e. The highest BCUT2D eigenvalue weighted by Gasteiger charge is 2.24. The largest absolute Gasteiger partial charge is 0.348 e. The van der Waals surface area contributed by atoms with Crippen molar-refractivity contribution in [2.75, 3.05) is 27.2 Å². The molecule has 2 aromatic heterocycles. The number of aryl methyl sites for hydroxylation is 2. The zero-order valence-corrected chi connectivity index (χ0v) is 19.6. The molecule has 3 rings (SSSR count). The molecular formula is C23H34N4O2S. The molecule has 1 aliphatic heterocycles. The molecule has 6 nitrogen and oxygen atoms in total. The number of thiophene rings is 1. The van der Waals surface area contributed by atoms with E-state index in [0.29, 0.717) is 23.2 Å². The summed E-state index contributed by atoms with van der Waals surface area (Å²) in [6, 6.07) is 5.08. The number of nitrogens with zero attached hydrogens (tertiary/aromatic N) is 2. The maximum atomic E-state index is 12.6. The molecule has 1 saturated heterocycles. The number of aromatic amines is 1. The first kappa shape index (κ1) is 22.7. The lowest BCUT2D eigenvalue weighted by molar-refractivity contribution is 0.0951. The molecule has 2 aromatic rings. The summed E-state index contributed by atoms with van der Waals surface area (Å²) < 4.78 is 0. The van der Waals surface area contributed by atoms with Crippen LogP contribution in [-0.2, 0) is 13.0 Å². The molecule has 7 heteroatoms. The Morgan fingerprint density at radius 2 is 2.00 bits per heavy atom. The van der Waals surface area contributed by atoms with E-state index in [1.165, 1.54) is 17.7 Å². The van der Waals surface area contributed by atoms with Crippen molar-refractivity contribution in [1.29, 1.82) is 0 Å². The second-order valence-electron chi connectivity index (χ2n) is 8.71. The van der Waals surface area contributed by atoms with Crippen LogP contribution in [0.2, 0.25) is 0 Å². The van der Waals surface area contributed by atoms with Crippen LogP contribution >= 0.6 is 11.3 Å². The summed E-state index contributed by atoms with van der Waals surface area (Å²) in [7, 11) is 4.33. The second-order valence-corrected chi connectivity index (χ2v) is 9.71. The fourth-order valence-corrected chi connectivity index (χ4v) is 5.23. The van der Waals surface area contributed by atoms with Gasteiger partial charge >= 0.3 is 0 Å². The lowest BCUT2D eigenvalue weighted by Gasteiger charge is -2.38. The van der Waals surface area contributed by atoms with Crippen molar-refractivity contribution in [2.24, 2.45) is 0 Å². The van der Waals surface area contributed by atoms with Gasteiger partial charge in [-0.2, -0.15) is 0 Å². The molecule has 3 heterocycles. The molecule has 30 heavy (non-hydrogen) atoms. The van der Waals surface area contributed by atoms with Crippen LogP contribution in [0.1, 0.15) is 51.8 Å². The van der Waals surface area contributed by atoms with Gasteiger partial charge in [-0.25, -0.2) is 0 Å². The van der Waals surface area contributed by atoms with Gasteiger partial charge in [0, 0.05) is 40.1 Å². The van der Waals surface area contributed by atoms with Gasteiger partial charge in [0.1, 0.15) is 0 Å². The highest BCUT2D eigenvalue weighted by molar-refractivity contribution is 7.10. The van der Waals surface area contributed by atoms with Gasteiger partial charge in [0.25, 0.3) is 11.5 Å². The monoisotopic (exact) mass is 430 g/mol. The Kier molecular flexibility index (Phi) is 7.50. The van der Waals surface area contributed by atoms with E-state index < -0.39 is 0 Å². The molecule has 1 amide bonds. The van der Waals surface area contributed by atoms with Crippen molar-refractivity contribution in [3.05, 3.63) is 55.1 Å². The van der Waals surface area contributed by atoms with Crippen LogP contribution in [-0.4, -0.2) is 60.0 Å². The molecule has 0 bridgehead atoms. The lowest BCUT2D eigenvalue weighted by atomic mass is 10.0. The molecule has 1 aliphatic rings. The van der Waals surface area contributed by atoms with Crippen LogP contribution in [0.5, 0.6) is 0 Å².